The van der Waals surface area contributed by atoms with Crippen molar-refractivity contribution in [3.63, 3.8) is 0 Å². The van der Waals surface area contributed by atoms with Crippen LogP contribution >= 0.6 is 0 Å². The largest absolute Gasteiger partial charge is 0.446 e. The zero-order valence-corrected chi connectivity index (χ0v) is 29.9. The molecule has 3 unspecified atom stereocenters. The lowest BCUT2D eigenvalue weighted by molar-refractivity contribution is -0.186. The van der Waals surface area contributed by atoms with Gasteiger partial charge in [0.1, 0.15) is 12.2 Å². The highest BCUT2D eigenvalue weighted by Gasteiger charge is 2.84. The second-order valence-corrected chi connectivity index (χ2v) is 18.9. The Bertz CT molecular complexity index is 1300. The summed E-state index contributed by atoms with van der Waals surface area (Å²) in [5, 5.41) is 22.3. The summed E-state index contributed by atoms with van der Waals surface area (Å²) in [6.07, 6.45) is 7.20. The number of fused-ring (bicyclic) bond motifs is 4. The van der Waals surface area contributed by atoms with Gasteiger partial charge in [-0.3, -0.25) is 0 Å². The summed E-state index contributed by atoms with van der Waals surface area (Å²) in [5.41, 5.74) is 0.0591. The minimum absolute atomic E-state index is 0.0281. The Morgan fingerprint density at radius 2 is 1.57 bits per heavy atom. The quantitative estimate of drug-likeness (QED) is 0.391. The molecule has 0 radical (unpaired) electrons. The number of aliphatic hydroxyl groups is 2. The number of likely N-dealkylation sites (tertiary alicyclic amines) is 2. The molecule has 2 N–H and O–H groups in total. The molecule has 13 atom stereocenters. The number of nitrogens with zero attached hydrogens (tertiary/aromatic N) is 2. The van der Waals surface area contributed by atoms with E-state index in [2.05, 4.69) is 48.5 Å². The van der Waals surface area contributed by atoms with Gasteiger partial charge in [0.15, 0.2) is 0 Å². The molecule has 0 bridgehead atoms. The van der Waals surface area contributed by atoms with E-state index < -0.39 is 12.2 Å². The molecule has 2 amide bonds. The van der Waals surface area contributed by atoms with Gasteiger partial charge in [-0.25, -0.2) is 9.59 Å². The van der Waals surface area contributed by atoms with E-state index in [-0.39, 0.29) is 75.5 Å². The standard InChI is InChI=1S/C38H60N2O7/c1-21(2)29(47-32(43)39-15-8-16-39)24-17-22(3)28-30(45-24)31(42)36(7)26-10-9-25-34(4,5)27(46-33(44)40-18-23(41)19-40)11-12-37(25)20-38(26,37)14-13-35(28,36)6/h21-31,41-42H,8-20H2,1-7H3/t22-,24?,25+,26?,27+,28+,29-,30?,31+,35-,36-,37-,38+/m1/s1. The van der Waals surface area contributed by atoms with Gasteiger partial charge >= 0.3 is 12.2 Å². The molecule has 264 valence electrons. The van der Waals surface area contributed by atoms with E-state index in [1.54, 1.807) is 9.80 Å². The molecule has 0 aromatic heterocycles. The van der Waals surface area contributed by atoms with Crippen molar-refractivity contribution in [3.8, 4) is 0 Å². The fourth-order valence-corrected chi connectivity index (χ4v) is 13.9. The van der Waals surface area contributed by atoms with Crippen LogP contribution in [0.5, 0.6) is 0 Å². The lowest BCUT2D eigenvalue weighted by Crippen LogP contribution is -2.60. The van der Waals surface area contributed by atoms with Gasteiger partial charge in [0.2, 0.25) is 0 Å². The lowest BCUT2D eigenvalue weighted by Gasteiger charge is -2.63. The van der Waals surface area contributed by atoms with Crippen LogP contribution in [-0.2, 0) is 14.2 Å². The molecular formula is C38H60N2O7. The Morgan fingerprint density at radius 1 is 0.894 bits per heavy atom. The summed E-state index contributed by atoms with van der Waals surface area (Å²) in [6.45, 7) is 18.4. The van der Waals surface area contributed by atoms with Crippen LogP contribution in [0.2, 0.25) is 0 Å². The van der Waals surface area contributed by atoms with Gasteiger partial charge in [-0.05, 0) is 104 Å². The first kappa shape index (κ1) is 32.6. The minimum Gasteiger partial charge on any atom is -0.446 e. The fourth-order valence-electron chi connectivity index (χ4n) is 13.9. The number of β-amino-alcohol motifs (C(OH)–C–C–N with tert-alkyl or cyclic N) is 1. The van der Waals surface area contributed by atoms with Crippen LogP contribution in [0.1, 0.15) is 106 Å². The third kappa shape index (κ3) is 4.17. The maximum atomic E-state index is 12.9. The summed E-state index contributed by atoms with van der Waals surface area (Å²) in [4.78, 5) is 29.2. The van der Waals surface area contributed by atoms with Gasteiger partial charge < -0.3 is 34.2 Å². The maximum absolute atomic E-state index is 12.9. The van der Waals surface area contributed by atoms with Crippen molar-refractivity contribution >= 4 is 12.2 Å². The second-order valence-electron chi connectivity index (χ2n) is 18.9. The molecule has 8 fully saturated rings. The molecule has 5 aliphatic carbocycles. The molecule has 8 aliphatic rings. The highest BCUT2D eigenvalue weighted by Crippen LogP contribution is 2.89. The van der Waals surface area contributed by atoms with Crippen LogP contribution in [0.4, 0.5) is 9.59 Å². The Kier molecular flexibility index (Phi) is 7.27. The van der Waals surface area contributed by atoms with E-state index in [4.69, 9.17) is 14.2 Å². The van der Waals surface area contributed by atoms with Crippen molar-refractivity contribution in [3.05, 3.63) is 0 Å². The van der Waals surface area contributed by atoms with Gasteiger partial charge in [0.05, 0.1) is 37.5 Å². The fraction of sp³-hybridized carbons (Fsp3) is 0.947. The van der Waals surface area contributed by atoms with E-state index in [0.717, 1.165) is 58.0 Å². The van der Waals surface area contributed by atoms with Crippen molar-refractivity contribution < 1.29 is 34.0 Å². The first-order chi connectivity index (χ1) is 22.1. The van der Waals surface area contributed by atoms with E-state index in [1.807, 2.05) is 0 Å². The first-order valence-corrected chi connectivity index (χ1v) is 19.0. The van der Waals surface area contributed by atoms with Crippen LogP contribution < -0.4 is 0 Å². The Morgan fingerprint density at radius 3 is 2.21 bits per heavy atom. The zero-order valence-electron chi connectivity index (χ0n) is 29.9. The number of carbonyl (C=O) groups excluding carboxylic acids is 2. The lowest BCUT2D eigenvalue weighted by atomic mass is 9.41. The van der Waals surface area contributed by atoms with E-state index in [0.29, 0.717) is 30.8 Å². The van der Waals surface area contributed by atoms with Gasteiger partial charge in [0.25, 0.3) is 0 Å². The predicted octanol–water partition coefficient (Wildman–Crippen LogP) is 5.85. The van der Waals surface area contributed by atoms with Crippen molar-refractivity contribution in [2.45, 2.75) is 143 Å². The first-order valence-electron chi connectivity index (χ1n) is 19.0. The molecule has 0 aromatic carbocycles. The number of carbonyl (C=O) groups is 2. The minimum atomic E-state index is -0.560. The molecule has 9 nitrogen and oxygen atoms in total. The summed E-state index contributed by atoms with van der Waals surface area (Å²) < 4.78 is 19.3. The summed E-state index contributed by atoms with van der Waals surface area (Å²) in [5.74, 6) is 1.68. The topological polar surface area (TPSA) is 109 Å². The Labute approximate surface area is 281 Å². The van der Waals surface area contributed by atoms with Crippen LogP contribution in [0, 0.1) is 56.7 Å². The number of rotatable bonds is 4. The van der Waals surface area contributed by atoms with Crippen LogP contribution in [-0.4, -0.2) is 95.0 Å². The Hall–Kier alpha value is -1.58. The van der Waals surface area contributed by atoms with Gasteiger partial charge in [-0.1, -0.05) is 48.5 Å². The zero-order chi connectivity index (χ0) is 33.5. The molecule has 3 heterocycles. The number of ether oxygens (including phenoxy) is 3. The molecule has 47 heavy (non-hydrogen) atoms. The number of hydrogen-bond acceptors (Lipinski definition) is 7. The van der Waals surface area contributed by atoms with Crippen molar-refractivity contribution in [1.82, 2.24) is 9.80 Å². The van der Waals surface area contributed by atoms with Gasteiger partial charge in [0, 0.05) is 23.9 Å². The molecule has 5 saturated carbocycles. The van der Waals surface area contributed by atoms with Gasteiger partial charge in [-0.2, -0.15) is 0 Å². The smallest absolute Gasteiger partial charge is 0.410 e. The Balaban J connectivity index is 1.03. The predicted molar refractivity (Wildman–Crippen MR) is 175 cm³/mol. The van der Waals surface area contributed by atoms with Crippen molar-refractivity contribution in [2.75, 3.05) is 26.2 Å². The van der Waals surface area contributed by atoms with E-state index in [1.165, 1.54) is 12.8 Å². The SMILES string of the molecule is CC(C)[C@@H](OC(=O)N1CCC1)C1C[C@@H](C)[C@H]2C(O1)[C@H](O)[C@@]1(C)C3CC[C@H]4C(C)(C)[C@@H](OC(=O)N5CC(O)C5)CC[C@@]45C[C@@]35CC[C@]21C. The van der Waals surface area contributed by atoms with Crippen LogP contribution in [0.15, 0.2) is 0 Å². The summed E-state index contributed by atoms with van der Waals surface area (Å²) in [7, 11) is 0. The average molecular weight is 657 g/mol. The number of aliphatic hydroxyl groups excluding tert-OH is 2. The van der Waals surface area contributed by atoms with E-state index >= 15 is 0 Å². The molecule has 8 rings (SSSR count). The highest BCUT2D eigenvalue weighted by atomic mass is 16.6. The summed E-state index contributed by atoms with van der Waals surface area (Å²) >= 11 is 0. The average Bonchev–Trinajstić information content (AvgIpc) is 3.59. The molecular weight excluding hydrogens is 596 g/mol. The molecule has 3 aliphatic heterocycles. The third-order valence-electron chi connectivity index (χ3n) is 16.5. The van der Waals surface area contributed by atoms with Crippen molar-refractivity contribution in [1.29, 1.82) is 0 Å². The number of hydrogen-bond donors (Lipinski definition) is 2. The van der Waals surface area contributed by atoms with E-state index in [9.17, 15) is 19.8 Å². The summed E-state index contributed by atoms with van der Waals surface area (Å²) in [6, 6.07) is 0. The van der Waals surface area contributed by atoms with Crippen molar-refractivity contribution in [2.24, 2.45) is 56.7 Å². The monoisotopic (exact) mass is 656 g/mol. The normalized spacial score (nSPS) is 50.1. The number of amides is 2. The second kappa shape index (κ2) is 10.5. The molecule has 2 spiro atoms. The van der Waals surface area contributed by atoms with Crippen LogP contribution in [0.25, 0.3) is 0 Å². The third-order valence-corrected chi connectivity index (χ3v) is 16.5. The molecule has 9 heteroatoms. The highest BCUT2D eigenvalue weighted by molar-refractivity contribution is 5.69. The molecule has 0 aromatic rings. The molecule has 3 saturated heterocycles. The maximum Gasteiger partial charge on any atom is 0.410 e. The van der Waals surface area contributed by atoms with Crippen LogP contribution in [0.3, 0.4) is 0 Å². The van der Waals surface area contributed by atoms with Gasteiger partial charge in [-0.15, -0.1) is 0 Å².